The van der Waals surface area contributed by atoms with E-state index in [4.69, 9.17) is 9.47 Å². The van der Waals surface area contributed by atoms with Crippen molar-refractivity contribution in [1.82, 2.24) is 0 Å². The summed E-state index contributed by atoms with van der Waals surface area (Å²) in [5.74, 6) is 2.71. The topological polar surface area (TPSA) is 44.9 Å². The molecule has 0 aliphatic carbocycles. The first-order valence-electron chi connectivity index (χ1n) is 11.2. The predicted molar refractivity (Wildman–Crippen MR) is 126 cm³/mol. The molecule has 5 rings (SSSR count). The number of anilines is 1. The number of hydrogen-bond donors (Lipinski definition) is 1. The first-order valence-corrected chi connectivity index (χ1v) is 11.2. The highest BCUT2D eigenvalue weighted by Gasteiger charge is 2.60. The molecule has 0 aromatic heterocycles. The molecule has 0 bridgehead atoms. The van der Waals surface area contributed by atoms with E-state index in [0.717, 1.165) is 41.4 Å². The summed E-state index contributed by atoms with van der Waals surface area (Å²) in [6, 6.07) is 24.0. The zero-order chi connectivity index (χ0) is 22.3. The van der Waals surface area contributed by atoms with Gasteiger partial charge in [-0.3, -0.25) is 0 Å². The van der Waals surface area contributed by atoms with Crippen LogP contribution in [0.3, 0.4) is 0 Å². The van der Waals surface area contributed by atoms with Crippen molar-refractivity contribution in [2.45, 2.75) is 38.5 Å². The number of ether oxygens (including phenoxy) is 2. The molecule has 3 aromatic carbocycles. The molecule has 0 amide bonds. The van der Waals surface area contributed by atoms with E-state index in [9.17, 15) is 5.11 Å². The van der Waals surface area contributed by atoms with Crippen LogP contribution in [0.15, 0.2) is 72.8 Å². The molecule has 0 saturated carbocycles. The van der Waals surface area contributed by atoms with Crippen molar-refractivity contribution in [1.29, 1.82) is 0 Å². The maximum Gasteiger partial charge on any atom is 0.278 e. The summed E-state index contributed by atoms with van der Waals surface area (Å²) in [6.07, 6.45) is 1.80. The van der Waals surface area contributed by atoms with E-state index in [1.807, 2.05) is 55.5 Å². The summed E-state index contributed by atoms with van der Waals surface area (Å²) >= 11 is 0. The van der Waals surface area contributed by atoms with Crippen LogP contribution in [0.2, 0.25) is 0 Å². The standard InChI is InChI=1S/C27H29N2O3/c1-4-32-24-14-10-21(11-15-24)27(30)19(2)28-25-8-6-5-7-20(25)9-18-26(28)29(27)22-12-16-23(31-3)17-13-22/h5-8,10-17,19,30H,4,9,18H2,1-3H3/q+1/t19-,27-/m1/s1. The van der Waals surface area contributed by atoms with Gasteiger partial charge in [0.2, 0.25) is 0 Å². The first-order chi connectivity index (χ1) is 15.6. The summed E-state index contributed by atoms with van der Waals surface area (Å²) < 4.78 is 13.3. The molecule has 0 unspecified atom stereocenters. The molecule has 0 spiro atoms. The number of rotatable bonds is 5. The van der Waals surface area contributed by atoms with Crippen molar-refractivity contribution in [2.75, 3.05) is 18.6 Å². The third-order valence-corrected chi connectivity index (χ3v) is 6.64. The predicted octanol–water partition coefficient (Wildman–Crippen LogP) is 4.84. The van der Waals surface area contributed by atoms with Crippen LogP contribution in [0.25, 0.3) is 0 Å². The Morgan fingerprint density at radius 1 is 0.969 bits per heavy atom. The Balaban J connectivity index is 1.68. The van der Waals surface area contributed by atoms with Crippen LogP contribution in [-0.4, -0.2) is 35.3 Å². The van der Waals surface area contributed by atoms with Crippen molar-refractivity contribution >= 4 is 17.2 Å². The van der Waals surface area contributed by atoms with Gasteiger partial charge in [0.25, 0.3) is 11.6 Å². The second-order valence-electron chi connectivity index (χ2n) is 8.31. The minimum atomic E-state index is -1.24. The Kier molecular flexibility index (Phi) is 5.14. The van der Waals surface area contributed by atoms with E-state index in [1.165, 1.54) is 11.3 Å². The van der Waals surface area contributed by atoms with Crippen LogP contribution in [0, 0.1) is 0 Å². The fraction of sp³-hybridized carbons (Fsp3) is 0.296. The van der Waals surface area contributed by atoms with Gasteiger partial charge in [0.1, 0.15) is 22.9 Å². The SMILES string of the molecule is CCOc1ccc([C@]2(O)[C@@H](C)[N+]3=C(CCc4ccccc43)N2c2ccc(OC)cc2)cc1. The number of methoxy groups -OCH3 is 1. The van der Waals surface area contributed by atoms with E-state index < -0.39 is 5.72 Å². The van der Waals surface area contributed by atoms with Crippen LogP contribution < -0.4 is 14.4 Å². The molecule has 5 heteroatoms. The van der Waals surface area contributed by atoms with Gasteiger partial charge in [0, 0.05) is 5.56 Å². The molecule has 2 aliphatic heterocycles. The maximum absolute atomic E-state index is 12.4. The number of nitrogens with zero attached hydrogens (tertiary/aromatic N) is 2. The summed E-state index contributed by atoms with van der Waals surface area (Å²) in [4.78, 5) is 2.10. The highest BCUT2D eigenvalue weighted by atomic mass is 16.5. The van der Waals surface area contributed by atoms with Crippen LogP contribution >= 0.6 is 0 Å². The van der Waals surface area contributed by atoms with Crippen LogP contribution in [0.4, 0.5) is 11.4 Å². The highest BCUT2D eigenvalue weighted by molar-refractivity contribution is 5.98. The Morgan fingerprint density at radius 2 is 1.66 bits per heavy atom. The minimum absolute atomic E-state index is 0.195. The summed E-state index contributed by atoms with van der Waals surface area (Å²) in [5, 5.41) is 12.4. The monoisotopic (exact) mass is 429 g/mol. The Hall–Kier alpha value is -3.31. The molecule has 1 N–H and O–H groups in total. The van der Waals surface area contributed by atoms with Gasteiger partial charge in [-0.1, -0.05) is 18.2 Å². The van der Waals surface area contributed by atoms with Gasteiger partial charge in [0.15, 0.2) is 6.04 Å². The van der Waals surface area contributed by atoms with Crippen molar-refractivity contribution in [3.8, 4) is 11.5 Å². The summed E-state index contributed by atoms with van der Waals surface area (Å²) in [7, 11) is 1.66. The second-order valence-corrected chi connectivity index (χ2v) is 8.31. The quantitative estimate of drug-likeness (QED) is 0.590. The lowest BCUT2D eigenvalue weighted by Gasteiger charge is -2.31. The van der Waals surface area contributed by atoms with E-state index in [2.05, 4.69) is 40.7 Å². The molecule has 3 aromatic rings. The maximum atomic E-state index is 12.4. The van der Waals surface area contributed by atoms with Gasteiger partial charge < -0.3 is 14.6 Å². The van der Waals surface area contributed by atoms with Gasteiger partial charge in [-0.2, -0.15) is 4.90 Å². The number of aryl methyl sites for hydroxylation is 1. The Morgan fingerprint density at radius 3 is 2.34 bits per heavy atom. The number of fused-ring (bicyclic) bond motifs is 2. The molecule has 0 saturated heterocycles. The molecular formula is C27H29N2O3+. The lowest BCUT2D eigenvalue weighted by Crippen LogP contribution is -2.50. The fourth-order valence-electron chi connectivity index (χ4n) is 5.09. The molecule has 2 aliphatic rings. The zero-order valence-corrected chi connectivity index (χ0v) is 18.8. The molecule has 32 heavy (non-hydrogen) atoms. The first kappa shape index (κ1) is 20.6. The van der Waals surface area contributed by atoms with Gasteiger partial charge in [-0.25, -0.2) is 4.58 Å². The third kappa shape index (κ3) is 3.07. The molecule has 5 nitrogen and oxygen atoms in total. The number of hydrogen-bond acceptors (Lipinski definition) is 4. The molecule has 164 valence electrons. The highest BCUT2D eigenvalue weighted by Crippen LogP contribution is 2.45. The number of amidine groups is 1. The van der Waals surface area contributed by atoms with E-state index in [0.29, 0.717) is 6.61 Å². The molecule has 0 radical (unpaired) electrons. The number of aliphatic hydroxyl groups is 1. The van der Waals surface area contributed by atoms with Gasteiger partial charge in [-0.05, 0) is 80.4 Å². The fourth-order valence-corrected chi connectivity index (χ4v) is 5.09. The molecular weight excluding hydrogens is 400 g/mol. The smallest absolute Gasteiger partial charge is 0.278 e. The Labute approximate surface area is 189 Å². The number of benzene rings is 3. The molecule has 2 atom stereocenters. The largest absolute Gasteiger partial charge is 0.497 e. The lowest BCUT2D eigenvalue weighted by molar-refractivity contribution is -0.495. The van der Waals surface area contributed by atoms with Crippen molar-refractivity contribution in [3.05, 3.63) is 83.9 Å². The second kappa shape index (κ2) is 7.99. The van der Waals surface area contributed by atoms with E-state index in [-0.39, 0.29) is 6.04 Å². The zero-order valence-electron chi connectivity index (χ0n) is 18.8. The third-order valence-electron chi connectivity index (χ3n) is 6.64. The average Bonchev–Trinajstić information content (AvgIpc) is 3.07. The summed E-state index contributed by atoms with van der Waals surface area (Å²) in [6.45, 7) is 4.68. The van der Waals surface area contributed by atoms with Crippen molar-refractivity contribution < 1.29 is 19.2 Å². The minimum Gasteiger partial charge on any atom is -0.497 e. The average molecular weight is 430 g/mol. The van der Waals surface area contributed by atoms with Crippen LogP contribution in [0.5, 0.6) is 11.5 Å². The van der Waals surface area contributed by atoms with Crippen LogP contribution in [-0.2, 0) is 12.1 Å². The normalized spacial score (nSPS) is 21.9. The van der Waals surface area contributed by atoms with Gasteiger partial charge in [0.05, 0.1) is 20.1 Å². The number of para-hydroxylation sites is 1. The lowest BCUT2D eigenvalue weighted by atomic mass is 9.94. The van der Waals surface area contributed by atoms with Crippen molar-refractivity contribution in [2.24, 2.45) is 0 Å². The van der Waals surface area contributed by atoms with E-state index in [1.54, 1.807) is 7.11 Å². The van der Waals surface area contributed by atoms with Gasteiger partial charge in [-0.15, -0.1) is 0 Å². The summed E-state index contributed by atoms with van der Waals surface area (Å²) in [5.41, 5.74) is 3.01. The van der Waals surface area contributed by atoms with Crippen LogP contribution in [0.1, 0.15) is 31.4 Å². The Bertz CT molecular complexity index is 1150. The molecule has 2 heterocycles. The van der Waals surface area contributed by atoms with Crippen molar-refractivity contribution in [3.63, 3.8) is 0 Å². The van der Waals surface area contributed by atoms with Gasteiger partial charge >= 0.3 is 0 Å². The van der Waals surface area contributed by atoms with E-state index >= 15 is 0 Å². The molecule has 0 fully saturated rings.